The SMILES string of the molecule is COc1cc(O)c([C@H](CC(=O)N2CC(C)C[C@@H](C)C2)c2cccc(S(C)(=O)=O)c2)c(OC)c1. The van der Waals surface area contributed by atoms with Crippen molar-refractivity contribution >= 4 is 15.7 Å². The Labute approximate surface area is 196 Å². The lowest BCUT2D eigenvalue weighted by Crippen LogP contribution is -2.43. The van der Waals surface area contributed by atoms with Gasteiger partial charge < -0.3 is 19.5 Å². The first kappa shape index (κ1) is 24.9. The minimum Gasteiger partial charge on any atom is -0.507 e. The Kier molecular flexibility index (Phi) is 7.57. The molecule has 2 aromatic carbocycles. The zero-order chi connectivity index (χ0) is 24.3. The van der Waals surface area contributed by atoms with Crippen LogP contribution in [0.2, 0.25) is 0 Å². The summed E-state index contributed by atoms with van der Waals surface area (Å²) in [5, 5.41) is 10.9. The van der Waals surface area contributed by atoms with Crippen LogP contribution in [-0.4, -0.2) is 57.9 Å². The second-order valence-corrected chi connectivity index (χ2v) is 11.1. The van der Waals surface area contributed by atoms with Crippen LogP contribution in [0.1, 0.15) is 43.7 Å². The topological polar surface area (TPSA) is 93.1 Å². The van der Waals surface area contributed by atoms with E-state index in [4.69, 9.17) is 9.47 Å². The Balaban J connectivity index is 2.09. The number of phenolic OH excluding ortho intramolecular Hbond substituents is 1. The summed E-state index contributed by atoms with van der Waals surface area (Å²) < 4.78 is 35.2. The summed E-state index contributed by atoms with van der Waals surface area (Å²) in [6.07, 6.45) is 2.30. The van der Waals surface area contributed by atoms with Gasteiger partial charge in [-0.05, 0) is 36.0 Å². The minimum absolute atomic E-state index is 0.0413. The lowest BCUT2D eigenvalue weighted by Gasteiger charge is -2.36. The van der Waals surface area contributed by atoms with Crippen LogP contribution in [0.4, 0.5) is 0 Å². The molecule has 7 nitrogen and oxygen atoms in total. The van der Waals surface area contributed by atoms with Crippen molar-refractivity contribution in [1.29, 1.82) is 0 Å². The molecule has 1 heterocycles. The molecular weight excluding hydrogens is 442 g/mol. The quantitative estimate of drug-likeness (QED) is 0.654. The number of methoxy groups -OCH3 is 2. The normalized spacial score (nSPS) is 19.7. The number of benzene rings is 2. The van der Waals surface area contributed by atoms with Crippen molar-refractivity contribution in [3.05, 3.63) is 47.5 Å². The molecular formula is C25H33NO6S. The molecule has 3 rings (SSSR count). The molecule has 0 spiro atoms. The summed E-state index contributed by atoms with van der Waals surface area (Å²) in [5.41, 5.74) is 1.04. The highest BCUT2D eigenvalue weighted by atomic mass is 32.2. The molecule has 0 radical (unpaired) electrons. The average Bonchev–Trinajstić information content (AvgIpc) is 2.76. The van der Waals surface area contributed by atoms with E-state index in [0.717, 1.165) is 12.7 Å². The molecule has 0 aromatic heterocycles. The van der Waals surface area contributed by atoms with Gasteiger partial charge in [0, 0.05) is 49.4 Å². The van der Waals surface area contributed by atoms with Gasteiger partial charge in [0.05, 0.1) is 19.1 Å². The minimum atomic E-state index is -3.45. The number of phenols is 1. The maximum Gasteiger partial charge on any atom is 0.223 e. The summed E-state index contributed by atoms with van der Waals surface area (Å²) in [4.78, 5) is 15.5. The van der Waals surface area contributed by atoms with E-state index in [0.29, 0.717) is 47.6 Å². The molecule has 1 N–H and O–H groups in total. The average molecular weight is 476 g/mol. The third-order valence-corrected chi connectivity index (χ3v) is 7.30. The van der Waals surface area contributed by atoms with Gasteiger partial charge in [-0.15, -0.1) is 0 Å². The van der Waals surface area contributed by atoms with Crippen LogP contribution >= 0.6 is 0 Å². The summed E-state index contributed by atoms with van der Waals surface area (Å²) in [6, 6.07) is 9.64. The highest BCUT2D eigenvalue weighted by molar-refractivity contribution is 7.90. The molecule has 180 valence electrons. The van der Waals surface area contributed by atoms with Crippen molar-refractivity contribution in [3.63, 3.8) is 0 Å². The Morgan fingerprint density at radius 1 is 1.12 bits per heavy atom. The van der Waals surface area contributed by atoms with Crippen LogP contribution in [0.5, 0.6) is 17.2 Å². The van der Waals surface area contributed by atoms with Crippen LogP contribution in [0.15, 0.2) is 41.3 Å². The summed E-state index contributed by atoms with van der Waals surface area (Å²) in [5.74, 6) is 0.890. The molecule has 1 amide bonds. The lowest BCUT2D eigenvalue weighted by atomic mass is 9.85. The molecule has 33 heavy (non-hydrogen) atoms. The van der Waals surface area contributed by atoms with E-state index in [1.807, 2.05) is 4.90 Å². The first-order valence-electron chi connectivity index (χ1n) is 11.1. The number of rotatable bonds is 7. The lowest BCUT2D eigenvalue weighted by molar-refractivity contribution is -0.134. The highest BCUT2D eigenvalue weighted by Crippen LogP contribution is 2.43. The predicted molar refractivity (Wildman–Crippen MR) is 127 cm³/mol. The zero-order valence-electron chi connectivity index (χ0n) is 19.9. The van der Waals surface area contributed by atoms with E-state index in [1.165, 1.54) is 26.4 Å². The largest absolute Gasteiger partial charge is 0.507 e. The molecule has 2 aromatic rings. The standard InChI is InChI=1S/C25H33NO6S/c1-16-9-17(2)15-26(14-16)24(28)13-21(18-7-6-8-20(10-18)33(5,29)30)25-22(27)11-19(31-3)12-23(25)32-4/h6-8,10-12,16-17,21,27H,9,13-15H2,1-5H3/t16-,17?,21-/m1/s1. The van der Waals surface area contributed by atoms with E-state index in [1.54, 1.807) is 24.3 Å². The number of hydrogen-bond donors (Lipinski definition) is 1. The highest BCUT2D eigenvalue weighted by Gasteiger charge is 2.31. The number of aromatic hydroxyl groups is 1. The van der Waals surface area contributed by atoms with Crippen molar-refractivity contribution in [2.75, 3.05) is 33.6 Å². The molecule has 3 atom stereocenters. The third kappa shape index (κ3) is 5.79. The Morgan fingerprint density at radius 3 is 2.36 bits per heavy atom. The van der Waals surface area contributed by atoms with Crippen LogP contribution < -0.4 is 9.47 Å². The molecule has 1 fully saturated rings. The van der Waals surface area contributed by atoms with Gasteiger partial charge in [0.25, 0.3) is 0 Å². The van der Waals surface area contributed by atoms with E-state index in [2.05, 4.69) is 13.8 Å². The smallest absolute Gasteiger partial charge is 0.223 e. The fraction of sp³-hybridized carbons (Fsp3) is 0.480. The third-order valence-electron chi connectivity index (χ3n) is 6.19. The number of ether oxygens (including phenoxy) is 2. The van der Waals surface area contributed by atoms with Crippen LogP contribution in [0.3, 0.4) is 0 Å². The van der Waals surface area contributed by atoms with Crippen LogP contribution in [0, 0.1) is 11.8 Å². The van der Waals surface area contributed by atoms with Crippen LogP contribution in [0.25, 0.3) is 0 Å². The van der Waals surface area contributed by atoms with Crippen molar-refractivity contribution in [2.24, 2.45) is 11.8 Å². The predicted octanol–water partition coefficient (Wildman–Crippen LogP) is 3.84. The van der Waals surface area contributed by atoms with Gasteiger partial charge in [-0.2, -0.15) is 0 Å². The molecule has 0 saturated carbocycles. The molecule has 1 aliphatic heterocycles. The van der Waals surface area contributed by atoms with Gasteiger partial charge >= 0.3 is 0 Å². The number of hydrogen-bond acceptors (Lipinski definition) is 6. The monoisotopic (exact) mass is 475 g/mol. The molecule has 1 saturated heterocycles. The van der Waals surface area contributed by atoms with Gasteiger partial charge in [0.2, 0.25) is 5.91 Å². The van der Waals surface area contributed by atoms with Gasteiger partial charge in [-0.3, -0.25) is 4.79 Å². The molecule has 8 heteroatoms. The number of nitrogens with zero attached hydrogens (tertiary/aromatic N) is 1. The van der Waals surface area contributed by atoms with E-state index in [9.17, 15) is 18.3 Å². The number of carbonyl (C=O) groups excluding carboxylic acids is 1. The van der Waals surface area contributed by atoms with E-state index >= 15 is 0 Å². The Bertz CT molecular complexity index is 1100. The van der Waals surface area contributed by atoms with Crippen molar-refractivity contribution < 1.29 is 27.8 Å². The second-order valence-electron chi connectivity index (χ2n) is 9.11. The number of carbonyl (C=O) groups is 1. The van der Waals surface area contributed by atoms with Crippen molar-refractivity contribution in [3.8, 4) is 17.2 Å². The van der Waals surface area contributed by atoms with Crippen molar-refractivity contribution in [2.45, 2.75) is 37.5 Å². The van der Waals surface area contributed by atoms with Gasteiger partial charge in [0.15, 0.2) is 9.84 Å². The summed E-state index contributed by atoms with van der Waals surface area (Å²) >= 11 is 0. The van der Waals surface area contributed by atoms with Gasteiger partial charge in [-0.1, -0.05) is 26.0 Å². The van der Waals surface area contributed by atoms with Crippen LogP contribution in [-0.2, 0) is 14.6 Å². The number of piperidine rings is 1. The molecule has 0 aliphatic carbocycles. The zero-order valence-corrected chi connectivity index (χ0v) is 20.7. The Morgan fingerprint density at radius 2 is 1.79 bits per heavy atom. The second kappa shape index (κ2) is 10.0. The maximum atomic E-state index is 13.4. The summed E-state index contributed by atoms with van der Waals surface area (Å²) in [7, 11) is -0.477. The fourth-order valence-corrected chi connectivity index (χ4v) is 5.42. The summed E-state index contributed by atoms with van der Waals surface area (Å²) in [6.45, 7) is 5.65. The number of amides is 1. The van der Waals surface area contributed by atoms with E-state index < -0.39 is 15.8 Å². The van der Waals surface area contributed by atoms with Gasteiger partial charge in [-0.25, -0.2) is 8.42 Å². The first-order valence-corrected chi connectivity index (χ1v) is 12.9. The van der Waals surface area contributed by atoms with E-state index in [-0.39, 0.29) is 23.0 Å². The van der Waals surface area contributed by atoms with Gasteiger partial charge in [0.1, 0.15) is 17.2 Å². The molecule has 0 bridgehead atoms. The number of likely N-dealkylation sites (tertiary alicyclic amines) is 1. The number of sulfone groups is 1. The first-order chi connectivity index (χ1) is 15.5. The molecule has 1 aliphatic rings. The van der Waals surface area contributed by atoms with Crippen molar-refractivity contribution in [1.82, 2.24) is 4.90 Å². The fourth-order valence-electron chi connectivity index (χ4n) is 4.74. The maximum absolute atomic E-state index is 13.4. The Hall–Kier alpha value is -2.74. The molecule has 1 unspecified atom stereocenters.